The molecule has 0 bridgehead atoms. The van der Waals surface area contributed by atoms with Crippen LogP contribution in [0.4, 0.5) is 5.69 Å². The molecule has 0 aliphatic rings. The number of ether oxygens (including phenoxy) is 1. The number of nitriles is 1. The second kappa shape index (κ2) is 8.80. The van der Waals surface area contributed by atoms with E-state index in [2.05, 4.69) is 29.2 Å². The third-order valence-electron chi connectivity index (χ3n) is 4.82. The summed E-state index contributed by atoms with van der Waals surface area (Å²) in [7, 11) is -3.34. The molecule has 0 aliphatic carbocycles. The molecule has 3 rings (SSSR count). The Morgan fingerprint density at radius 1 is 1.13 bits per heavy atom. The molecule has 0 unspecified atom stereocenters. The highest BCUT2D eigenvalue weighted by Gasteiger charge is 2.20. The zero-order valence-electron chi connectivity index (χ0n) is 17.8. The van der Waals surface area contributed by atoms with Crippen molar-refractivity contribution in [1.82, 2.24) is 4.57 Å². The Morgan fingerprint density at radius 2 is 1.83 bits per heavy atom. The topological polar surface area (TPSA) is 84.1 Å². The fraction of sp³-hybridized carbons (Fsp3) is 0.348. The van der Waals surface area contributed by atoms with Gasteiger partial charge < -0.3 is 9.30 Å². The minimum absolute atomic E-state index is 0.0120. The summed E-state index contributed by atoms with van der Waals surface area (Å²) in [5.74, 6) is 1.16. The van der Waals surface area contributed by atoms with E-state index in [9.17, 15) is 13.7 Å². The Hall–Kier alpha value is -2.98. The van der Waals surface area contributed by atoms with Crippen molar-refractivity contribution in [2.24, 2.45) is 5.92 Å². The fourth-order valence-corrected chi connectivity index (χ4v) is 4.14. The van der Waals surface area contributed by atoms with Gasteiger partial charge in [0.25, 0.3) is 0 Å². The van der Waals surface area contributed by atoms with Crippen molar-refractivity contribution in [3.8, 4) is 23.1 Å². The van der Waals surface area contributed by atoms with Crippen molar-refractivity contribution < 1.29 is 13.2 Å². The predicted molar refractivity (Wildman–Crippen MR) is 121 cm³/mol. The minimum atomic E-state index is -3.34. The van der Waals surface area contributed by atoms with Crippen LogP contribution in [0.3, 0.4) is 0 Å². The number of aromatic nitrogens is 1. The standard InChI is InChI=1S/C23H27N3O3S/c1-5-29-19-11-12-20-21(14-24)23(26(15-16(3)4)22(20)13-19)17-7-9-18(10-8-17)25-30(27,28)6-2/h7-13,16,25H,5-6,15H2,1-4H3. The summed E-state index contributed by atoms with van der Waals surface area (Å²) >= 11 is 0. The van der Waals surface area contributed by atoms with Gasteiger partial charge in [-0.2, -0.15) is 5.26 Å². The summed E-state index contributed by atoms with van der Waals surface area (Å²) < 4.78 is 34.1. The van der Waals surface area contributed by atoms with Crippen molar-refractivity contribution in [2.45, 2.75) is 34.2 Å². The Bertz CT molecular complexity index is 1190. The maximum Gasteiger partial charge on any atom is 0.232 e. The van der Waals surface area contributed by atoms with Crippen molar-refractivity contribution >= 4 is 26.6 Å². The molecule has 1 N–H and O–H groups in total. The zero-order valence-corrected chi connectivity index (χ0v) is 18.6. The number of nitrogens with zero attached hydrogens (tertiary/aromatic N) is 2. The maximum atomic E-state index is 11.8. The maximum absolute atomic E-state index is 11.8. The van der Waals surface area contributed by atoms with E-state index in [0.29, 0.717) is 23.8 Å². The van der Waals surface area contributed by atoms with E-state index < -0.39 is 10.0 Å². The lowest BCUT2D eigenvalue weighted by molar-refractivity contribution is 0.340. The Kier molecular flexibility index (Phi) is 6.37. The molecule has 3 aromatic rings. The Labute approximate surface area is 178 Å². The van der Waals surface area contributed by atoms with Crippen LogP contribution in [0.1, 0.15) is 33.3 Å². The van der Waals surface area contributed by atoms with Crippen LogP contribution >= 0.6 is 0 Å². The zero-order chi connectivity index (χ0) is 21.9. The molecule has 158 valence electrons. The molecule has 30 heavy (non-hydrogen) atoms. The van der Waals surface area contributed by atoms with Crippen LogP contribution in [0.25, 0.3) is 22.2 Å². The normalized spacial score (nSPS) is 11.6. The number of sulfonamides is 1. The van der Waals surface area contributed by atoms with Crippen LogP contribution < -0.4 is 9.46 Å². The molecule has 0 fully saturated rings. The molecule has 0 aliphatic heterocycles. The quantitative estimate of drug-likeness (QED) is 0.551. The molecular weight excluding hydrogens is 398 g/mol. The minimum Gasteiger partial charge on any atom is -0.494 e. The first kappa shape index (κ1) is 21.7. The second-order valence-electron chi connectivity index (χ2n) is 7.53. The molecule has 0 spiro atoms. The van der Waals surface area contributed by atoms with E-state index in [1.807, 2.05) is 37.3 Å². The van der Waals surface area contributed by atoms with Crippen molar-refractivity contribution in [2.75, 3.05) is 17.1 Å². The number of anilines is 1. The summed E-state index contributed by atoms with van der Waals surface area (Å²) in [6.45, 7) is 9.12. The highest BCUT2D eigenvalue weighted by Crippen LogP contribution is 2.36. The van der Waals surface area contributed by atoms with Crippen LogP contribution in [0.5, 0.6) is 5.75 Å². The number of hydrogen-bond acceptors (Lipinski definition) is 4. The second-order valence-corrected chi connectivity index (χ2v) is 9.55. The number of benzene rings is 2. The monoisotopic (exact) mass is 425 g/mol. The molecular formula is C23H27N3O3S. The van der Waals surface area contributed by atoms with Crippen LogP contribution in [0, 0.1) is 17.2 Å². The summed E-state index contributed by atoms with van der Waals surface area (Å²) in [5, 5.41) is 10.8. The third-order valence-corrected chi connectivity index (χ3v) is 6.13. The lowest BCUT2D eigenvalue weighted by Crippen LogP contribution is -2.14. The van der Waals surface area contributed by atoms with Gasteiger partial charge in [-0.1, -0.05) is 26.0 Å². The lowest BCUT2D eigenvalue weighted by atomic mass is 10.1. The molecule has 0 saturated heterocycles. The van der Waals surface area contributed by atoms with Gasteiger partial charge >= 0.3 is 0 Å². The van der Waals surface area contributed by atoms with Gasteiger partial charge in [-0.05, 0) is 49.6 Å². The first-order valence-corrected chi connectivity index (χ1v) is 11.7. The van der Waals surface area contributed by atoms with Gasteiger partial charge in [0.1, 0.15) is 11.8 Å². The predicted octanol–water partition coefficient (Wildman–Crippen LogP) is 5.00. The molecule has 0 radical (unpaired) electrons. The Balaban J connectivity index is 2.17. The summed E-state index contributed by atoms with van der Waals surface area (Å²) in [6.07, 6.45) is 0. The Morgan fingerprint density at radius 3 is 2.40 bits per heavy atom. The number of nitrogens with one attached hydrogen (secondary N) is 1. The average Bonchev–Trinajstić information content (AvgIpc) is 3.01. The molecule has 0 atom stereocenters. The van der Waals surface area contributed by atoms with Crippen LogP contribution in [-0.2, 0) is 16.6 Å². The van der Waals surface area contributed by atoms with E-state index >= 15 is 0 Å². The van der Waals surface area contributed by atoms with E-state index in [1.54, 1.807) is 19.1 Å². The van der Waals surface area contributed by atoms with Gasteiger partial charge in [-0.15, -0.1) is 0 Å². The third kappa shape index (κ3) is 4.44. The fourth-order valence-electron chi connectivity index (χ4n) is 3.50. The van der Waals surface area contributed by atoms with Crippen LogP contribution in [0.15, 0.2) is 42.5 Å². The van der Waals surface area contributed by atoms with Gasteiger partial charge in [0, 0.05) is 23.7 Å². The van der Waals surface area contributed by atoms with Crippen molar-refractivity contribution in [3.63, 3.8) is 0 Å². The molecule has 1 heterocycles. The summed E-state index contributed by atoms with van der Waals surface area (Å²) in [4.78, 5) is 0. The van der Waals surface area contributed by atoms with Gasteiger partial charge in [-0.25, -0.2) is 8.42 Å². The largest absolute Gasteiger partial charge is 0.494 e. The lowest BCUT2D eigenvalue weighted by Gasteiger charge is -2.15. The van der Waals surface area contributed by atoms with E-state index in [0.717, 1.165) is 34.5 Å². The molecule has 2 aromatic carbocycles. The SMILES string of the molecule is CCOc1ccc2c(C#N)c(-c3ccc(NS(=O)(=O)CC)cc3)n(CC(C)C)c2c1. The first-order valence-electron chi connectivity index (χ1n) is 10.1. The van der Waals surface area contributed by atoms with Gasteiger partial charge in [-0.3, -0.25) is 4.72 Å². The van der Waals surface area contributed by atoms with Crippen molar-refractivity contribution in [3.05, 3.63) is 48.0 Å². The first-order chi connectivity index (χ1) is 14.3. The van der Waals surface area contributed by atoms with Crippen LogP contribution in [-0.4, -0.2) is 25.3 Å². The van der Waals surface area contributed by atoms with E-state index in [-0.39, 0.29) is 5.75 Å². The molecule has 0 saturated carbocycles. The molecule has 1 aromatic heterocycles. The average molecular weight is 426 g/mol. The number of hydrogen-bond donors (Lipinski definition) is 1. The summed E-state index contributed by atoms with van der Waals surface area (Å²) in [5.41, 5.74) is 3.76. The van der Waals surface area contributed by atoms with Crippen molar-refractivity contribution in [1.29, 1.82) is 5.26 Å². The van der Waals surface area contributed by atoms with Gasteiger partial charge in [0.15, 0.2) is 0 Å². The van der Waals surface area contributed by atoms with Gasteiger partial charge in [0.05, 0.1) is 29.1 Å². The van der Waals surface area contributed by atoms with E-state index in [1.165, 1.54) is 0 Å². The van der Waals surface area contributed by atoms with Gasteiger partial charge in [0.2, 0.25) is 10.0 Å². The smallest absolute Gasteiger partial charge is 0.232 e. The molecule has 0 amide bonds. The number of rotatable bonds is 8. The highest BCUT2D eigenvalue weighted by atomic mass is 32.2. The van der Waals surface area contributed by atoms with E-state index in [4.69, 9.17) is 4.74 Å². The molecule has 6 nitrogen and oxygen atoms in total. The van der Waals surface area contributed by atoms with Crippen LogP contribution in [0.2, 0.25) is 0 Å². The number of fused-ring (bicyclic) bond motifs is 1. The highest BCUT2D eigenvalue weighted by molar-refractivity contribution is 7.92. The molecule has 7 heteroatoms. The summed E-state index contributed by atoms with van der Waals surface area (Å²) in [6, 6.07) is 15.3.